The molecule has 2 aromatic rings. The smallest absolute Gasteiger partial charge is 0.273 e. The molecule has 0 bridgehead atoms. The lowest BCUT2D eigenvalue weighted by Gasteiger charge is -2.09. The van der Waals surface area contributed by atoms with Crippen LogP contribution < -0.4 is 10.6 Å². The molecule has 0 aliphatic carbocycles. The second kappa shape index (κ2) is 5.52. The lowest BCUT2D eigenvalue weighted by Crippen LogP contribution is -1.99. The van der Waals surface area contributed by atoms with Crippen LogP contribution in [0.2, 0.25) is 0 Å². The average molecular weight is 279 g/mol. The van der Waals surface area contributed by atoms with Crippen molar-refractivity contribution in [1.82, 2.24) is 0 Å². The van der Waals surface area contributed by atoms with Gasteiger partial charge in [-0.1, -0.05) is 6.07 Å². The van der Waals surface area contributed by atoms with Crippen LogP contribution in [0.5, 0.6) is 0 Å². The molecular formula is C13H11F2N3O2. The first-order chi connectivity index (χ1) is 9.51. The minimum absolute atomic E-state index is 0.0902. The number of nitrogens with one attached hydrogen (secondary N) is 2. The van der Waals surface area contributed by atoms with Crippen LogP contribution in [0.25, 0.3) is 0 Å². The number of hydrogen-bond donors (Lipinski definition) is 2. The third kappa shape index (κ3) is 2.82. The predicted octanol–water partition coefficient (Wildman–Crippen LogP) is 3.66. The Bertz CT molecular complexity index is 662. The van der Waals surface area contributed by atoms with Crippen LogP contribution >= 0.6 is 0 Å². The summed E-state index contributed by atoms with van der Waals surface area (Å²) in [6.45, 7) is 0. The normalized spacial score (nSPS) is 10.2. The molecule has 0 saturated heterocycles. The fraction of sp³-hybridized carbons (Fsp3) is 0.0769. The Labute approximate surface area is 113 Å². The van der Waals surface area contributed by atoms with Gasteiger partial charge in [0.2, 0.25) is 0 Å². The van der Waals surface area contributed by atoms with E-state index in [4.69, 9.17) is 0 Å². The van der Waals surface area contributed by atoms with Crippen LogP contribution in [-0.2, 0) is 0 Å². The largest absolute Gasteiger partial charge is 0.388 e. The molecule has 0 fully saturated rings. The molecule has 0 aliphatic rings. The van der Waals surface area contributed by atoms with E-state index in [0.717, 1.165) is 6.07 Å². The molecule has 2 N–H and O–H groups in total. The minimum Gasteiger partial charge on any atom is -0.388 e. The first-order valence-corrected chi connectivity index (χ1v) is 5.69. The molecule has 104 valence electrons. The number of nitro groups is 1. The Kier molecular flexibility index (Phi) is 3.79. The Morgan fingerprint density at radius 1 is 1.15 bits per heavy atom. The van der Waals surface area contributed by atoms with Crippen LogP contribution in [0.1, 0.15) is 0 Å². The molecule has 2 rings (SSSR count). The minimum atomic E-state index is -1.04. The van der Waals surface area contributed by atoms with Crippen molar-refractivity contribution in [2.75, 3.05) is 17.7 Å². The summed E-state index contributed by atoms with van der Waals surface area (Å²) in [6, 6.07) is 7.82. The molecule has 0 aromatic heterocycles. The average Bonchev–Trinajstić information content (AvgIpc) is 2.43. The van der Waals surface area contributed by atoms with Crippen molar-refractivity contribution in [3.05, 3.63) is 58.1 Å². The standard InChI is InChI=1S/C13H11F2N3O2/c1-16-8-5-9(7-10(6-8)18(19)20)17-12-4-2-3-11(14)13(12)15/h2-7,16-17H,1H3. The zero-order valence-corrected chi connectivity index (χ0v) is 10.5. The maximum Gasteiger partial charge on any atom is 0.273 e. The van der Waals surface area contributed by atoms with Gasteiger partial charge in [0.25, 0.3) is 5.69 Å². The molecule has 0 radical (unpaired) electrons. The Balaban J connectivity index is 2.40. The Hall–Kier alpha value is -2.70. The summed E-state index contributed by atoms with van der Waals surface area (Å²) in [6.07, 6.45) is 0. The summed E-state index contributed by atoms with van der Waals surface area (Å²) in [5, 5.41) is 16.2. The first kappa shape index (κ1) is 13.7. The van der Waals surface area contributed by atoms with E-state index in [0.29, 0.717) is 5.69 Å². The molecule has 5 nitrogen and oxygen atoms in total. The van der Waals surface area contributed by atoms with E-state index < -0.39 is 16.6 Å². The maximum atomic E-state index is 13.5. The second-order valence-corrected chi connectivity index (χ2v) is 4.00. The lowest BCUT2D eigenvalue weighted by molar-refractivity contribution is -0.384. The molecule has 0 unspecified atom stereocenters. The summed E-state index contributed by atoms with van der Waals surface area (Å²) >= 11 is 0. The number of anilines is 3. The fourth-order valence-electron chi connectivity index (χ4n) is 1.69. The van der Waals surface area contributed by atoms with Gasteiger partial charge in [-0.25, -0.2) is 8.78 Å². The SMILES string of the molecule is CNc1cc(Nc2cccc(F)c2F)cc([N+](=O)[O-])c1. The van der Waals surface area contributed by atoms with Crippen molar-refractivity contribution >= 4 is 22.7 Å². The van der Waals surface area contributed by atoms with Crippen LogP contribution in [0.4, 0.5) is 31.5 Å². The number of halogens is 2. The van der Waals surface area contributed by atoms with E-state index in [1.807, 2.05) is 0 Å². The highest BCUT2D eigenvalue weighted by atomic mass is 19.2. The van der Waals surface area contributed by atoms with Crippen molar-refractivity contribution in [3.8, 4) is 0 Å². The van der Waals surface area contributed by atoms with Crippen molar-refractivity contribution in [3.63, 3.8) is 0 Å². The van der Waals surface area contributed by atoms with E-state index >= 15 is 0 Å². The number of nitro benzene ring substituents is 1. The molecule has 0 aliphatic heterocycles. The van der Waals surface area contributed by atoms with Crippen LogP contribution in [-0.4, -0.2) is 12.0 Å². The third-order valence-corrected chi connectivity index (χ3v) is 2.65. The second-order valence-electron chi connectivity index (χ2n) is 4.00. The van der Waals surface area contributed by atoms with E-state index in [2.05, 4.69) is 10.6 Å². The molecule has 0 saturated carbocycles. The summed E-state index contributed by atoms with van der Waals surface area (Å²) in [7, 11) is 1.60. The van der Waals surface area contributed by atoms with E-state index in [-0.39, 0.29) is 17.1 Å². The molecule has 0 heterocycles. The monoisotopic (exact) mass is 279 g/mol. The van der Waals surface area contributed by atoms with Gasteiger partial charge in [-0.2, -0.15) is 0 Å². The van der Waals surface area contributed by atoms with Gasteiger partial charge in [-0.3, -0.25) is 10.1 Å². The highest BCUT2D eigenvalue weighted by Gasteiger charge is 2.12. The van der Waals surface area contributed by atoms with Gasteiger partial charge in [-0.15, -0.1) is 0 Å². The number of rotatable bonds is 4. The van der Waals surface area contributed by atoms with Gasteiger partial charge in [0.1, 0.15) is 0 Å². The van der Waals surface area contributed by atoms with Crippen molar-refractivity contribution < 1.29 is 13.7 Å². The van der Waals surface area contributed by atoms with E-state index in [1.165, 1.54) is 24.3 Å². The molecule has 0 amide bonds. The summed E-state index contributed by atoms with van der Waals surface area (Å²) in [5.74, 6) is -2.03. The van der Waals surface area contributed by atoms with Gasteiger partial charge in [-0.05, 0) is 18.2 Å². The Morgan fingerprint density at radius 2 is 1.85 bits per heavy atom. The first-order valence-electron chi connectivity index (χ1n) is 5.69. The van der Waals surface area contributed by atoms with E-state index in [9.17, 15) is 18.9 Å². The Morgan fingerprint density at radius 3 is 2.50 bits per heavy atom. The highest BCUT2D eigenvalue weighted by molar-refractivity contribution is 5.68. The predicted molar refractivity (Wildman–Crippen MR) is 72.3 cm³/mol. The van der Waals surface area contributed by atoms with Gasteiger partial charge in [0, 0.05) is 30.6 Å². The van der Waals surface area contributed by atoms with Crippen LogP contribution in [0.3, 0.4) is 0 Å². The topological polar surface area (TPSA) is 67.2 Å². The lowest BCUT2D eigenvalue weighted by atomic mass is 10.2. The van der Waals surface area contributed by atoms with Crippen LogP contribution in [0, 0.1) is 21.7 Å². The number of hydrogen-bond acceptors (Lipinski definition) is 4. The molecule has 2 aromatic carbocycles. The summed E-state index contributed by atoms with van der Waals surface area (Å²) in [4.78, 5) is 10.2. The van der Waals surface area contributed by atoms with Gasteiger partial charge >= 0.3 is 0 Å². The summed E-state index contributed by atoms with van der Waals surface area (Å²) < 4.78 is 26.6. The van der Waals surface area contributed by atoms with Crippen LogP contribution in [0.15, 0.2) is 36.4 Å². The van der Waals surface area contributed by atoms with E-state index in [1.54, 1.807) is 13.1 Å². The molecule has 7 heteroatoms. The highest BCUT2D eigenvalue weighted by Crippen LogP contribution is 2.28. The molecular weight excluding hydrogens is 268 g/mol. The molecule has 20 heavy (non-hydrogen) atoms. The number of nitrogens with zero attached hydrogens (tertiary/aromatic N) is 1. The third-order valence-electron chi connectivity index (χ3n) is 2.65. The maximum absolute atomic E-state index is 13.5. The summed E-state index contributed by atoms with van der Waals surface area (Å²) in [5.41, 5.74) is 0.523. The van der Waals surface area contributed by atoms with Gasteiger partial charge < -0.3 is 10.6 Å². The van der Waals surface area contributed by atoms with Crippen molar-refractivity contribution in [1.29, 1.82) is 0 Å². The zero-order chi connectivity index (χ0) is 14.7. The quantitative estimate of drug-likeness (QED) is 0.662. The van der Waals surface area contributed by atoms with Gasteiger partial charge in [0.05, 0.1) is 10.6 Å². The fourth-order valence-corrected chi connectivity index (χ4v) is 1.69. The molecule has 0 spiro atoms. The number of benzene rings is 2. The van der Waals surface area contributed by atoms with Gasteiger partial charge in [0.15, 0.2) is 11.6 Å². The number of non-ortho nitro benzene ring substituents is 1. The molecule has 0 atom stereocenters. The van der Waals surface area contributed by atoms with Crippen molar-refractivity contribution in [2.45, 2.75) is 0 Å². The van der Waals surface area contributed by atoms with Crippen molar-refractivity contribution in [2.24, 2.45) is 0 Å². The zero-order valence-electron chi connectivity index (χ0n) is 10.5.